The van der Waals surface area contributed by atoms with E-state index in [0.717, 1.165) is 17.3 Å². The van der Waals surface area contributed by atoms with Crippen LogP contribution in [0.25, 0.3) is 0 Å². The van der Waals surface area contributed by atoms with Gasteiger partial charge in [-0.25, -0.2) is 4.98 Å². The van der Waals surface area contributed by atoms with E-state index in [1.54, 1.807) is 18.0 Å². The maximum absolute atomic E-state index is 10.4. The van der Waals surface area contributed by atoms with Gasteiger partial charge in [0.2, 0.25) is 0 Å². The van der Waals surface area contributed by atoms with Gasteiger partial charge in [-0.05, 0) is 12.2 Å². The Hall–Kier alpha value is -1.01. The van der Waals surface area contributed by atoms with Crippen LogP contribution in [0.15, 0.2) is 12.4 Å². The van der Waals surface area contributed by atoms with E-state index in [9.17, 15) is 4.79 Å². The molecule has 1 aromatic rings. The predicted octanol–water partition coefficient (Wildman–Crippen LogP) is 0.455. The molecule has 3 N–H and O–H groups in total. The first kappa shape index (κ1) is 12.1. The summed E-state index contributed by atoms with van der Waals surface area (Å²) in [7, 11) is 1.94. The van der Waals surface area contributed by atoms with Crippen LogP contribution in [0.1, 0.15) is 12.2 Å². The van der Waals surface area contributed by atoms with Gasteiger partial charge < -0.3 is 15.4 Å². The van der Waals surface area contributed by atoms with Crippen molar-refractivity contribution in [1.29, 1.82) is 0 Å². The van der Waals surface area contributed by atoms with E-state index >= 15 is 0 Å². The highest BCUT2D eigenvalue weighted by molar-refractivity contribution is 7.98. The van der Waals surface area contributed by atoms with Crippen molar-refractivity contribution in [3.05, 3.63) is 18.2 Å². The van der Waals surface area contributed by atoms with Gasteiger partial charge in [0.05, 0.1) is 5.75 Å². The minimum Gasteiger partial charge on any atom is -0.480 e. The zero-order valence-corrected chi connectivity index (χ0v) is 9.41. The lowest BCUT2D eigenvalue weighted by Crippen LogP contribution is -2.30. The summed E-state index contributed by atoms with van der Waals surface area (Å²) in [6.45, 7) is 0. The topological polar surface area (TPSA) is 81.1 Å². The Bertz CT molecular complexity index is 327. The van der Waals surface area contributed by atoms with E-state index in [4.69, 9.17) is 10.8 Å². The number of rotatable bonds is 6. The number of aliphatic carboxylic acids is 1. The normalized spacial score (nSPS) is 12.7. The van der Waals surface area contributed by atoms with Crippen LogP contribution < -0.4 is 5.73 Å². The highest BCUT2D eigenvalue weighted by Gasteiger charge is 2.10. The van der Waals surface area contributed by atoms with E-state index in [2.05, 4.69) is 4.98 Å². The second kappa shape index (κ2) is 5.77. The average molecular weight is 229 g/mol. The molecular weight excluding hydrogens is 214 g/mol. The molecule has 0 amide bonds. The summed E-state index contributed by atoms with van der Waals surface area (Å²) in [6.07, 6.45) is 4.13. The molecule has 0 aliphatic carbocycles. The molecule has 15 heavy (non-hydrogen) atoms. The minimum atomic E-state index is -0.937. The SMILES string of the molecule is Cn1ccnc1CSCCC(N)C(=O)O. The van der Waals surface area contributed by atoms with E-state index in [-0.39, 0.29) is 0 Å². The number of carbonyl (C=O) groups is 1. The molecule has 0 spiro atoms. The molecule has 0 aliphatic heterocycles. The van der Waals surface area contributed by atoms with Crippen LogP contribution in [-0.2, 0) is 17.6 Å². The van der Waals surface area contributed by atoms with E-state index in [1.165, 1.54) is 0 Å². The van der Waals surface area contributed by atoms with Crippen LogP contribution in [0.3, 0.4) is 0 Å². The lowest BCUT2D eigenvalue weighted by atomic mass is 10.2. The van der Waals surface area contributed by atoms with Gasteiger partial charge in [0.15, 0.2) is 0 Å². The van der Waals surface area contributed by atoms with Gasteiger partial charge in [-0.1, -0.05) is 0 Å². The Labute approximate surface area is 92.7 Å². The number of aryl methyl sites for hydroxylation is 1. The zero-order valence-electron chi connectivity index (χ0n) is 8.59. The van der Waals surface area contributed by atoms with Crippen molar-refractivity contribution < 1.29 is 9.90 Å². The monoisotopic (exact) mass is 229 g/mol. The van der Waals surface area contributed by atoms with Crippen LogP contribution in [0.5, 0.6) is 0 Å². The van der Waals surface area contributed by atoms with Crippen LogP contribution in [0.4, 0.5) is 0 Å². The standard InChI is InChI=1S/C9H15N3O2S/c1-12-4-3-11-8(12)6-15-5-2-7(10)9(13)14/h3-4,7H,2,5-6,10H2,1H3,(H,13,14). The fourth-order valence-corrected chi connectivity index (χ4v) is 2.06. The third kappa shape index (κ3) is 3.93. The second-order valence-corrected chi connectivity index (χ2v) is 4.35. The number of aromatic nitrogens is 2. The Morgan fingerprint density at radius 1 is 1.80 bits per heavy atom. The van der Waals surface area contributed by atoms with Gasteiger partial charge in [0.25, 0.3) is 0 Å². The van der Waals surface area contributed by atoms with Crippen molar-refractivity contribution in [3.8, 4) is 0 Å². The van der Waals surface area contributed by atoms with E-state index < -0.39 is 12.0 Å². The summed E-state index contributed by atoms with van der Waals surface area (Å²) in [4.78, 5) is 14.6. The summed E-state index contributed by atoms with van der Waals surface area (Å²) in [5, 5.41) is 8.56. The van der Waals surface area contributed by atoms with E-state index in [0.29, 0.717) is 6.42 Å². The molecule has 0 aliphatic rings. The molecule has 0 saturated heterocycles. The van der Waals surface area contributed by atoms with Crippen LogP contribution in [0, 0.1) is 0 Å². The van der Waals surface area contributed by atoms with Crippen molar-refractivity contribution in [2.45, 2.75) is 18.2 Å². The van der Waals surface area contributed by atoms with Crippen LogP contribution in [-0.4, -0.2) is 32.4 Å². The molecule has 1 aromatic heterocycles. The average Bonchev–Trinajstić information content (AvgIpc) is 2.58. The lowest BCUT2D eigenvalue weighted by molar-refractivity contribution is -0.138. The van der Waals surface area contributed by atoms with Gasteiger partial charge in [-0.2, -0.15) is 11.8 Å². The molecular formula is C9H15N3O2S. The number of hydrogen-bond donors (Lipinski definition) is 2. The smallest absolute Gasteiger partial charge is 0.320 e. The number of carboxylic acids is 1. The van der Waals surface area contributed by atoms with Crippen LogP contribution in [0.2, 0.25) is 0 Å². The fourth-order valence-electron chi connectivity index (χ4n) is 1.03. The summed E-state index contributed by atoms with van der Waals surface area (Å²) in [5.41, 5.74) is 5.37. The highest BCUT2D eigenvalue weighted by atomic mass is 32.2. The third-order valence-corrected chi connectivity index (χ3v) is 3.03. The highest BCUT2D eigenvalue weighted by Crippen LogP contribution is 2.11. The Balaban J connectivity index is 2.17. The number of nitrogens with two attached hydrogens (primary N) is 1. The summed E-state index contributed by atoms with van der Waals surface area (Å²) in [6, 6.07) is -0.751. The molecule has 5 nitrogen and oxygen atoms in total. The fraction of sp³-hybridized carbons (Fsp3) is 0.556. The van der Waals surface area contributed by atoms with Crippen molar-refractivity contribution in [2.75, 3.05) is 5.75 Å². The van der Waals surface area contributed by atoms with E-state index in [1.807, 2.05) is 17.8 Å². The number of thioether (sulfide) groups is 1. The molecule has 0 aromatic carbocycles. The Kier molecular flexibility index (Phi) is 4.64. The number of hydrogen-bond acceptors (Lipinski definition) is 4. The lowest BCUT2D eigenvalue weighted by Gasteiger charge is -2.05. The van der Waals surface area contributed by atoms with Crippen LogP contribution >= 0.6 is 11.8 Å². The maximum Gasteiger partial charge on any atom is 0.320 e. The first-order valence-electron chi connectivity index (χ1n) is 4.63. The number of carboxylic acid groups (broad SMARTS) is 1. The molecule has 84 valence electrons. The molecule has 0 saturated carbocycles. The minimum absolute atomic E-state index is 0.490. The molecule has 0 radical (unpaired) electrons. The quantitative estimate of drug-likeness (QED) is 0.692. The zero-order chi connectivity index (χ0) is 11.3. The van der Waals surface area contributed by atoms with Gasteiger partial charge in [0, 0.05) is 19.4 Å². The summed E-state index contributed by atoms with van der Waals surface area (Å²) in [5.74, 6) is 1.58. The molecule has 1 unspecified atom stereocenters. The molecule has 6 heteroatoms. The van der Waals surface area contributed by atoms with Gasteiger partial charge in [-0.3, -0.25) is 4.79 Å². The largest absolute Gasteiger partial charge is 0.480 e. The number of imidazole rings is 1. The molecule has 1 atom stereocenters. The second-order valence-electron chi connectivity index (χ2n) is 3.24. The molecule has 1 rings (SSSR count). The molecule has 1 heterocycles. The van der Waals surface area contributed by atoms with Crippen molar-refractivity contribution >= 4 is 17.7 Å². The maximum atomic E-state index is 10.4. The first-order chi connectivity index (χ1) is 7.11. The first-order valence-corrected chi connectivity index (χ1v) is 5.79. The Morgan fingerprint density at radius 3 is 3.07 bits per heavy atom. The third-order valence-electron chi connectivity index (χ3n) is 2.04. The number of nitrogens with zero attached hydrogens (tertiary/aromatic N) is 2. The van der Waals surface area contributed by atoms with Gasteiger partial charge in [-0.15, -0.1) is 0 Å². The van der Waals surface area contributed by atoms with Gasteiger partial charge in [0.1, 0.15) is 11.9 Å². The summed E-state index contributed by atoms with van der Waals surface area (Å²) >= 11 is 1.64. The summed E-state index contributed by atoms with van der Waals surface area (Å²) < 4.78 is 1.95. The Morgan fingerprint density at radius 2 is 2.53 bits per heavy atom. The van der Waals surface area contributed by atoms with Crippen molar-refractivity contribution in [3.63, 3.8) is 0 Å². The predicted molar refractivity (Wildman–Crippen MR) is 59.6 cm³/mol. The van der Waals surface area contributed by atoms with Crippen molar-refractivity contribution in [2.24, 2.45) is 12.8 Å². The molecule has 0 bridgehead atoms. The van der Waals surface area contributed by atoms with Gasteiger partial charge >= 0.3 is 5.97 Å². The molecule has 0 fully saturated rings. The van der Waals surface area contributed by atoms with Crippen molar-refractivity contribution in [1.82, 2.24) is 9.55 Å².